The minimum atomic E-state index is -0.538. The van der Waals surface area contributed by atoms with Crippen LogP contribution in [0.25, 0.3) is 0 Å². The Morgan fingerprint density at radius 3 is 2.64 bits per heavy atom. The average Bonchev–Trinajstić information content (AvgIpc) is 3.09. The molecule has 1 amide bonds. The summed E-state index contributed by atoms with van der Waals surface area (Å²) in [4.78, 5) is 26.4. The van der Waals surface area contributed by atoms with Crippen molar-refractivity contribution >= 4 is 11.7 Å². The molecule has 8 heteroatoms. The summed E-state index contributed by atoms with van der Waals surface area (Å²) in [5, 5.41) is 13.6. The Labute approximate surface area is 195 Å². The lowest BCUT2D eigenvalue weighted by Gasteiger charge is -2.38. The topological polar surface area (TPSA) is 81.6 Å². The van der Waals surface area contributed by atoms with Gasteiger partial charge in [0.15, 0.2) is 0 Å². The van der Waals surface area contributed by atoms with Gasteiger partial charge in [0.2, 0.25) is 5.91 Å². The number of rotatable bonds is 6. The SMILES string of the molecule is Cc1ccc([C@@H](CNC(C)C)C(=O)N2CCN(c3ncnc4c3[C@H](C)C[C@H]4O)CC2)cc1F. The van der Waals surface area contributed by atoms with Gasteiger partial charge in [0.25, 0.3) is 0 Å². The molecule has 1 saturated heterocycles. The van der Waals surface area contributed by atoms with E-state index >= 15 is 0 Å². The number of benzene rings is 1. The van der Waals surface area contributed by atoms with Gasteiger partial charge in [0.1, 0.15) is 18.0 Å². The normalized spacial score (nSPS) is 21.4. The zero-order valence-electron chi connectivity index (χ0n) is 19.9. The molecule has 3 atom stereocenters. The van der Waals surface area contributed by atoms with Gasteiger partial charge in [-0.3, -0.25) is 4.79 Å². The highest BCUT2D eigenvalue weighted by Gasteiger charge is 2.35. The van der Waals surface area contributed by atoms with E-state index in [1.165, 1.54) is 12.4 Å². The number of aromatic nitrogens is 2. The molecule has 0 bridgehead atoms. The molecule has 0 radical (unpaired) electrons. The summed E-state index contributed by atoms with van der Waals surface area (Å²) < 4.78 is 14.3. The number of carbonyl (C=O) groups excluding carboxylic acids is 1. The maximum absolute atomic E-state index is 14.3. The van der Waals surface area contributed by atoms with Crippen LogP contribution in [0.2, 0.25) is 0 Å². The van der Waals surface area contributed by atoms with Crippen molar-refractivity contribution in [1.82, 2.24) is 20.2 Å². The number of aliphatic hydroxyl groups is 1. The third kappa shape index (κ3) is 4.87. The number of fused-ring (bicyclic) bond motifs is 1. The minimum Gasteiger partial charge on any atom is -0.387 e. The number of aliphatic hydroxyl groups excluding tert-OH is 1. The highest BCUT2D eigenvalue weighted by Crippen LogP contribution is 2.42. The van der Waals surface area contributed by atoms with E-state index in [-0.39, 0.29) is 23.7 Å². The maximum atomic E-state index is 14.3. The minimum absolute atomic E-state index is 0.0164. The molecule has 1 aliphatic heterocycles. The molecule has 0 unspecified atom stereocenters. The van der Waals surface area contributed by atoms with Crippen LogP contribution < -0.4 is 10.2 Å². The maximum Gasteiger partial charge on any atom is 0.231 e. The van der Waals surface area contributed by atoms with Gasteiger partial charge in [-0.2, -0.15) is 0 Å². The summed E-state index contributed by atoms with van der Waals surface area (Å²) >= 11 is 0. The molecule has 0 saturated carbocycles. The van der Waals surface area contributed by atoms with Gasteiger partial charge in [-0.1, -0.05) is 32.9 Å². The van der Waals surface area contributed by atoms with E-state index in [0.29, 0.717) is 50.3 Å². The molecule has 1 aliphatic carbocycles. The third-order valence-electron chi connectivity index (χ3n) is 6.80. The molecular weight excluding hydrogens is 421 g/mol. The molecule has 2 aromatic rings. The third-order valence-corrected chi connectivity index (χ3v) is 6.80. The Kier molecular flexibility index (Phi) is 6.95. The molecular formula is C25H34FN5O2. The highest BCUT2D eigenvalue weighted by molar-refractivity contribution is 5.84. The first-order valence-electron chi connectivity index (χ1n) is 11.8. The van der Waals surface area contributed by atoms with Gasteiger partial charge in [-0.15, -0.1) is 0 Å². The second-order valence-corrected chi connectivity index (χ2v) is 9.59. The van der Waals surface area contributed by atoms with Gasteiger partial charge in [-0.05, 0) is 36.5 Å². The van der Waals surface area contributed by atoms with Gasteiger partial charge < -0.3 is 20.2 Å². The van der Waals surface area contributed by atoms with E-state index in [2.05, 4.69) is 27.1 Å². The number of hydrogen-bond donors (Lipinski definition) is 2. The zero-order valence-corrected chi connectivity index (χ0v) is 19.9. The van der Waals surface area contributed by atoms with Gasteiger partial charge >= 0.3 is 0 Å². The van der Waals surface area contributed by atoms with Crippen LogP contribution in [0, 0.1) is 12.7 Å². The van der Waals surface area contributed by atoms with Crippen LogP contribution in [-0.4, -0.2) is 64.6 Å². The fraction of sp³-hybridized carbons (Fsp3) is 0.560. The number of amides is 1. The van der Waals surface area contributed by atoms with Crippen LogP contribution in [0.15, 0.2) is 24.5 Å². The van der Waals surface area contributed by atoms with Crippen molar-refractivity contribution in [2.75, 3.05) is 37.6 Å². The van der Waals surface area contributed by atoms with Crippen molar-refractivity contribution in [1.29, 1.82) is 0 Å². The number of aryl methyl sites for hydroxylation is 1. The van der Waals surface area contributed by atoms with Crippen LogP contribution in [0.1, 0.15) is 67.5 Å². The van der Waals surface area contributed by atoms with Crippen molar-refractivity contribution in [2.24, 2.45) is 0 Å². The molecule has 1 aromatic heterocycles. The summed E-state index contributed by atoms with van der Waals surface area (Å²) in [7, 11) is 0. The zero-order chi connectivity index (χ0) is 23.7. The Bertz CT molecular complexity index is 1010. The summed E-state index contributed by atoms with van der Waals surface area (Å²) in [6.45, 7) is 10.8. The van der Waals surface area contributed by atoms with Crippen molar-refractivity contribution in [3.63, 3.8) is 0 Å². The van der Waals surface area contributed by atoms with Gasteiger partial charge in [0.05, 0.1) is 17.7 Å². The molecule has 2 aliphatic rings. The Hall–Kier alpha value is -2.58. The molecule has 4 rings (SSSR count). The summed E-state index contributed by atoms with van der Waals surface area (Å²) in [5.74, 6) is 0.368. The van der Waals surface area contributed by atoms with Crippen molar-refractivity contribution in [2.45, 2.75) is 58.1 Å². The molecule has 1 aromatic carbocycles. The molecule has 0 spiro atoms. The van der Waals surface area contributed by atoms with Crippen LogP contribution in [0.5, 0.6) is 0 Å². The van der Waals surface area contributed by atoms with Crippen LogP contribution >= 0.6 is 0 Å². The monoisotopic (exact) mass is 455 g/mol. The summed E-state index contributed by atoms with van der Waals surface area (Å²) in [6.07, 6.45) is 1.65. The standard InChI is InChI=1S/C25H34FN5O2/c1-15(2)27-13-19(18-6-5-16(3)20(26)12-18)25(33)31-9-7-30(8-10-31)24-22-17(4)11-21(32)23(22)28-14-29-24/h5-6,12,14-15,17,19,21,27,32H,7-11,13H2,1-4H3/t17-,19-,21-/m1/s1. The smallest absolute Gasteiger partial charge is 0.231 e. The lowest BCUT2D eigenvalue weighted by molar-refractivity contribution is -0.133. The number of anilines is 1. The van der Waals surface area contributed by atoms with Crippen LogP contribution in [-0.2, 0) is 4.79 Å². The predicted octanol–water partition coefficient (Wildman–Crippen LogP) is 2.90. The Morgan fingerprint density at radius 1 is 1.24 bits per heavy atom. The van der Waals surface area contributed by atoms with E-state index in [1.54, 1.807) is 13.0 Å². The molecule has 2 heterocycles. The lowest BCUT2D eigenvalue weighted by atomic mass is 9.95. The van der Waals surface area contributed by atoms with Crippen molar-refractivity contribution < 1.29 is 14.3 Å². The quantitative estimate of drug-likeness (QED) is 0.697. The predicted molar refractivity (Wildman–Crippen MR) is 126 cm³/mol. The average molecular weight is 456 g/mol. The Balaban J connectivity index is 1.49. The van der Waals surface area contributed by atoms with Crippen molar-refractivity contribution in [3.05, 3.63) is 52.7 Å². The number of carbonyl (C=O) groups is 1. The van der Waals surface area contributed by atoms with Gasteiger partial charge in [-0.25, -0.2) is 14.4 Å². The molecule has 1 fully saturated rings. The number of piperazine rings is 1. The number of hydrogen-bond acceptors (Lipinski definition) is 6. The number of nitrogens with zero attached hydrogens (tertiary/aromatic N) is 4. The molecule has 33 heavy (non-hydrogen) atoms. The first-order valence-corrected chi connectivity index (χ1v) is 11.8. The first kappa shape index (κ1) is 23.6. The number of nitrogens with one attached hydrogen (secondary N) is 1. The van der Waals surface area contributed by atoms with Crippen LogP contribution in [0.3, 0.4) is 0 Å². The fourth-order valence-corrected chi connectivity index (χ4v) is 4.84. The molecule has 178 valence electrons. The first-order chi connectivity index (χ1) is 15.8. The van der Waals surface area contributed by atoms with Crippen LogP contribution in [0.4, 0.5) is 10.2 Å². The summed E-state index contributed by atoms with van der Waals surface area (Å²) in [6, 6.07) is 5.32. The Morgan fingerprint density at radius 2 is 1.97 bits per heavy atom. The van der Waals surface area contributed by atoms with E-state index < -0.39 is 12.0 Å². The van der Waals surface area contributed by atoms with Gasteiger partial charge in [0, 0.05) is 44.3 Å². The van der Waals surface area contributed by atoms with Crippen molar-refractivity contribution in [3.8, 4) is 0 Å². The van der Waals surface area contributed by atoms with E-state index in [0.717, 1.165) is 17.1 Å². The number of halogens is 1. The lowest BCUT2D eigenvalue weighted by Crippen LogP contribution is -2.51. The van der Waals surface area contributed by atoms with E-state index in [4.69, 9.17) is 0 Å². The molecule has 7 nitrogen and oxygen atoms in total. The second-order valence-electron chi connectivity index (χ2n) is 9.59. The van der Waals surface area contributed by atoms with E-state index in [9.17, 15) is 14.3 Å². The fourth-order valence-electron chi connectivity index (χ4n) is 4.84. The second kappa shape index (κ2) is 9.73. The largest absolute Gasteiger partial charge is 0.387 e. The molecule has 2 N–H and O–H groups in total. The highest BCUT2D eigenvalue weighted by atomic mass is 19.1. The van der Waals surface area contributed by atoms with E-state index in [1.807, 2.05) is 24.8 Å². The summed E-state index contributed by atoms with van der Waals surface area (Å²) in [5.41, 5.74) is 3.04.